The molecule has 0 saturated heterocycles. The van der Waals surface area contributed by atoms with E-state index in [-0.39, 0.29) is 17.7 Å². The molecule has 23 heavy (non-hydrogen) atoms. The molecule has 3 rings (SSSR count). The fraction of sp³-hybridized carbons (Fsp3) is 0.375. The molecule has 0 radical (unpaired) electrons. The van der Waals surface area contributed by atoms with Gasteiger partial charge in [-0.25, -0.2) is 13.5 Å². The first-order chi connectivity index (χ1) is 11.0. The first-order valence-electron chi connectivity index (χ1n) is 7.46. The van der Waals surface area contributed by atoms with Gasteiger partial charge >= 0.3 is 0 Å². The summed E-state index contributed by atoms with van der Waals surface area (Å²) >= 11 is 1.16. The number of hydrogen-bond acceptors (Lipinski definition) is 3. The van der Waals surface area contributed by atoms with Gasteiger partial charge in [-0.15, -0.1) is 11.8 Å². The second-order valence-corrected chi connectivity index (χ2v) is 6.70. The number of halogens is 2. The zero-order valence-corrected chi connectivity index (χ0v) is 13.4. The third kappa shape index (κ3) is 3.90. The molecule has 122 valence electrons. The normalized spacial score (nSPS) is 15.4. The Morgan fingerprint density at radius 3 is 2.87 bits per heavy atom. The van der Waals surface area contributed by atoms with E-state index in [1.165, 1.54) is 18.9 Å². The Balaban J connectivity index is 1.57. The van der Waals surface area contributed by atoms with Crippen molar-refractivity contribution >= 4 is 23.5 Å². The summed E-state index contributed by atoms with van der Waals surface area (Å²) in [5.41, 5.74) is 0. The molecule has 1 unspecified atom stereocenters. The van der Waals surface area contributed by atoms with Gasteiger partial charge in [-0.2, -0.15) is 5.10 Å². The highest BCUT2D eigenvalue weighted by Crippen LogP contribution is 2.40. The number of amides is 1. The lowest BCUT2D eigenvalue weighted by molar-refractivity contribution is -0.113. The standard InChI is InChI=1S/C16H17F2N3OS/c1-10(11-2-3-11)21-15(6-7-19-21)20-16(22)9-23-12-4-5-13(17)14(18)8-12/h4-8,10-11H,2-3,9H2,1H3,(H,20,22). The highest BCUT2D eigenvalue weighted by atomic mass is 32.2. The Hall–Kier alpha value is -1.89. The van der Waals surface area contributed by atoms with Crippen molar-refractivity contribution in [3.63, 3.8) is 0 Å². The number of nitrogens with one attached hydrogen (secondary N) is 1. The zero-order valence-electron chi connectivity index (χ0n) is 12.6. The van der Waals surface area contributed by atoms with Crippen molar-refractivity contribution in [2.24, 2.45) is 5.92 Å². The number of carbonyl (C=O) groups is 1. The number of carbonyl (C=O) groups excluding carboxylic acids is 1. The number of nitrogens with zero attached hydrogens (tertiary/aromatic N) is 2. The van der Waals surface area contributed by atoms with Gasteiger partial charge in [-0.3, -0.25) is 4.79 Å². The Morgan fingerprint density at radius 2 is 2.17 bits per heavy atom. The van der Waals surface area contributed by atoms with Crippen molar-refractivity contribution in [2.45, 2.75) is 30.7 Å². The van der Waals surface area contributed by atoms with Crippen LogP contribution in [0.5, 0.6) is 0 Å². The molecule has 0 bridgehead atoms. The van der Waals surface area contributed by atoms with Gasteiger partial charge in [0.1, 0.15) is 5.82 Å². The minimum absolute atomic E-state index is 0.119. The number of hydrogen-bond donors (Lipinski definition) is 1. The Labute approximate surface area is 137 Å². The highest BCUT2D eigenvalue weighted by Gasteiger charge is 2.30. The SMILES string of the molecule is CC(C1CC1)n1nccc1NC(=O)CSc1ccc(F)c(F)c1. The summed E-state index contributed by atoms with van der Waals surface area (Å²) in [6.07, 6.45) is 4.05. The number of anilines is 1. The third-order valence-corrected chi connectivity index (χ3v) is 4.88. The molecule has 2 aromatic rings. The molecular weight excluding hydrogens is 320 g/mol. The molecule has 1 aliphatic carbocycles. The molecule has 7 heteroatoms. The summed E-state index contributed by atoms with van der Waals surface area (Å²) in [6.45, 7) is 2.09. The predicted octanol–water partition coefficient (Wildman–Crippen LogP) is 3.86. The van der Waals surface area contributed by atoms with Crippen molar-refractivity contribution in [1.82, 2.24) is 9.78 Å². The van der Waals surface area contributed by atoms with Crippen molar-refractivity contribution in [1.29, 1.82) is 0 Å². The van der Waals surface area contributed by atoms with Gasteiger partial charge < -0.3 is 5.32 Å². The maximum absolute atomic E-state index is 13.1. The van der Waals surface area contributed by atoms with Crippen LogP contribution < -0.4 is 5.32 Å². The second-order valence-electron chi connectivity index (χ2n) is 5.65. The van der Waals surface area contributed by atoms with Crippen LogP contribution in [0.4, 0.5) is 14.6 Å². The number of thioether (sulfide) groups is 1. The van der Waals surface area contributed by atoms with Crippen LogP contribution in [-0.4, -0.2) is 21.4 Å². The summed E-state index contributed by atoms with van der Waals surface area (Å²) in [6, 6.07) is 5.63. The van der Waals surface area contributed by atoms with Gasteiger partial charge in [0.15, 0.2) is 11.6 Å². The molecule has 1 N–H and O–H groups in total. The molecular formula is C16H17F2N3OS. The van der Waals surface area contributed by atoms with Gasteiger partial charge in [0, 0.05) is 11.0 Å². The molecule has 1 saturated carbocycles. The average molecular weight is 337 g/mol. The lowest BCUT2D eigenvalue weighted by Crippen LogP contribution is -2.19. The molecule has 1 aromatic carbocycles. The van der Waals surface area contributed by atoms with Gasteiger partial charge in [0.2, 0.25) is 5.91 Å². The highest BCUT2D eigenvalue weighted by molar-refractivity contribution is 8.00. The second kappa shape index (κ2) is 6.70. The van der Waals surface area contributed by atoms with Gasteiger partial charge in [0.05, 0.1) is 18.0 Å². The summed E-state index contributed by atoms with van der Waals surface area (Å²) in [7, 11) is 0. The Kier molecular flexibility index (Phi) is 4.66. The van der Waals surface area contributed by atoms with E-state index in [1.54, 1.807) is 12.3 Å². The smallest absolute Gasteiger partial charge is 0.235 e. The first-order valence-corrected chi connectivity index (χ1v) is 8.44. The minimum atomic E-state index is -0.910. The van der Waals surface area contributed by atoms with Gasteiger partial charge in [-0.1, -0.05) is 0 Å². The molecule has 1 aliphatic rings. The predicted molar refractivity (Wildman–Crippen MR) is 85.4 cm³/mol. The lowest BCUT2D eigenvalue weighted by atomic mass is 10.2. The number of benzene rings is 1. The van der Waals surface area contributed by atoms with Crippen LogP contribution >= 0.6 is 11.8 Å². The third-order valence-electron chi connectivity index (χ3n) is 3.89. The van der Waals surface area contributed by atoms with Crippen molar-refractivity contribution in [2.75, 3.05) is 11.1 Å². The van der Waals surface area contributed by atoms with Gasteiger partial charge in [-0.05, 0) is 43.9 Å². The van der Waals surface area contributed by atoms with E-state index >= 15 is 0 Å². The quantitative estimate of drug-likeness (QED) is 0.814. The molecule has 4 nitrogen and oxygen atoms in total. The monoisotopic (exact) mass is 337 g/mol. The van der Waals surface area contributed by atoms with E-state index in [0.29, 0.717) is 16.6 Å². The van der Waals surface area contributed by atoms with Crippen LogP contribution in [0.1, 0.15) is 25.8 Å². The maximum Gasteiger partial charge on any atom is 0.235 e. The molecule has 1 atom stereocenters. The maximum atomic E-state index is 13.1. The van der Waals surface area contributed by atoms with Crippen LogP contribution in [0.25, 0.3) is 0 Å². The molecule has 1 amide bonds. The van der Waals surface area contributed by atoms with E-state index < -0.39 is 11.6 Å². The summed E-state index contributed by atoms with van der Waals surface area (Å²) < 4.78 is 27.8. The van der Waals surface area contributed by atoms with Crippen LogP contribution in [0, 0.1) is 17.6 Å². The largest absolute Gasteiger partial charge is 0.310 e. The van der Waals surface area contributed by atoms with Crippen molar-refractivity contribution in [3.05, 3.63) is 42.1 Å². The van der Waals surface area contributed by atoms with Crippen LogP contribution in [0.15, 0.2) is 35.4 Å². The van der Waals surface area contributed by atoms with E-state index in [2.05, 4.69) is 17.3 Å². The first kappa shape index (κ1) is 16.0. The van der Waals surface area contributed by atoms with Crippen molar-refractivity contribution in [3.8, 4) is 0 Å². The summed E-state index contributed by atoms with van der Waals surface area (Å²) in [5, 5.41) is 7.10. The van der Waals surface area contributed by atoms with Gasteiger partial charge in [0.25, 0.3) is 0 Å². The Morgan fingerprint density at radius 1 is 1.39 bits per heavy atom. The average Bonchev–Trinajstić information content (AvgIpc) is 3.28. The van der Waals surface area contributed by atoms with Crippen LogP contribution in [0.3, 0.4) is 0 Å². The summed E-state index contributed by atoms with van der Waals surface area (Å²) in [4.78, 5) is 12.6. The Bertz CT molecular complexity index is 715. The van der Waals surface area contributed by atoms with Crippen LogP contribution in [0.2, 0.25) is 0 Å². The molecule has 1 aromatic heterocycles. The van der Waals surface area contributed by atoms with E-state index in [1.807, 2.05) is 4.68 Å². The topological polar surface area (TPSA) is 46.9 Å². The molecule has 1 heterocycles. The number of aromatic nitrogens is 2. The number of rotatable bonds is 6. The fourth-order valence-electron chi connectivity index (χ4n) is 2.41. The van der Waals surface area contributed by atoms with Crippen LogP contribution in [-0.2, 0) is 4.79 Å². The van der Waals surface area contributed by atoms with E-state index in [0.717, 1.165) is 23.9 Å². The van der Waals surface area contributed by atoms with Crippen molar-refractivity contribution < 1.29 is 13.6 Å². The molecule has 1 fully saturated rings. The summed E-state index contributed by atoms with van der Waals surface area (Å²) in [5.74, 6) is -0.593. The minimum Gasteiger partial charge on any atom is -0.310 e. The zero-order chi connectivity index (χ0) is 16.4. The molecule has 0 aliphatic heterocycles. The van der Waals surface area contributed by atoms with E-state index in [9.17, 15) is 13.6 Å². The lowest BCUT2D eigenvalue weighted by Gasteiger charge is -2.15. The molecule has 0 spiro atoms. The fourth-order valence-corrected chi connectivity index (χ4v) is 3.13. The van der Waals surface area contributed by atoms with E-state index in [4.69, 9.17) is 0 Å².